The number of ether oxygens (including phenoxy) is 1. The number of allylic oxidation sites excluding steroid dienone is 2. The second kappa shape index (κ2) is 7.50. The summed E-state index contributed by atoms with van der Waals surface area (Å²) in [6.07, 6.45) is 2.90. The molecule has 0 heterocycles. The number of carbonyl (C=O) groups is 2. The standard InChI is InChI=1S/C22H20O5/c1-15-11-12-17(20(23)24)13-22(15,21(25)26)18-9-5-6-10-19(18)27-14-16-7-3-2-4-8-16/h2-12H,13-14H2,1H3,(H,23,24)(H,25,26). The third-order valence-electron chi connectivity index (χ3n) is 4.89. The van der Waals surface area contributed by atoms with Crippen LogP contribution in [0.4, 0.5) is 0 Å². The molecule has 138 valence electrons. The Kier molecular flexibility index (Phi) is 5.12. The molecule has 1 unspecified atom stereocenters. The first-order valence-corrected chi connectivity index (χ1v) is 8.56. The Labute approximate surface area is 157 Å². The molecule has 2 N–H and O–H groups in total. The summed E-state index contributed by atoms with van der Waals surface area (Å²) in [6, 6.07) is 16.5. The lowest BCUT2D eigenvalue weighted by Gasteiger charge is -2.34. The number of carboxylic acid groups (broad SMARTS) is 2. The van der Waals surface area contributed by atoms with Crippen molar-refractivity contribution in [2.24, 2.45) is 0 Å². The average Bonchev–Trinajstić information content (AvgIpc) is 2.67. The SMILES string of the molecule is CC1=CC=C(C(=O)O)CC1(C(=O)O)c1ccccc1OCc1ccccc1. The van der Waals surface area contributed by atoms with Crippen molar-refractivity contribution >= 4 is 11.9 Å². The average molecular weight is 364 g/mol. The molecule has 0 amide bonds. The van der Waals surface area contributed by atoms with Crippen LogP contribution in [-0.4, -0.2) is 22.2 Å². The summed E-state index contributed by atoms with van der Waals surface area (Å²) < 4.78 is 5.94. The zero-order valence-electron chi connectivity index (χ0n) is 14.9. The van der Waals surface area contributed by atoms with Crippen LogP contribution in [0.15, 0.2) is 77.9 Å². The summed E-state index contributed by atoms with van der Waals surface area (Å²) in [5, 5.41) is 19.5. The highest BCUT2D eigenvalue weighted by Crippen LogP contribution is 2.45. The predicted molar refractivity (Wildman–Crippen MR) is 101 cm³/mol. The van der Waals surface area contributed by atoms with Crippen molar-refractivity contribution in [1.29, 1.82) is 0 Å². The fourth-order valence-corrected chi connectivity index (χ4v) is 3.35. The molecular weight excluding hydrogens is 344 g/mol. The van der Waals surface area contributed by atoms with Gasteiger partial charge in [0, 0.05) is 17.6 Å². The first-order chi connectivity index (χ1) is 12.9. The Hall–Kier alpha value is -3.34. The van der Waals surface area contributed by atoms with Gasteiger partial charge in [0.2, 0.25) is 0 Å². The molecule has 5 heteroatoms. The molecule has 0 spiro atoms. The van der Waals surface area contributed by atoms with Crippen LogP contribution in [0, 0.1) is 0 Å². The van der Waals surface area contributed by atoms with Gasteiger partial charge in [-0.1, -0.05) is 66.3 Å². The highest BCUT2D eigenvalue weighted by Gasteiger charge is 2.46. The number of carboxylic acids is 2. The molecule has 0 radical (unpaired) electrons. The van der Waals surface area contributed by atoms with Crippen molar-refractivity contribution in [3.05, 3.63) is 89.0 Å². The van der Waals surface area contributed by atoms with Crippen molar-refractivity contribution < 1.29 is 24.5 Å². The molecule has 3 rings (SSSR count). The molecule has 1 aliphatic carbocycles. The summed E-state index contributed by atoms with van der Waals surface area (Å²) in [5.41, 5.74) is 0.555. The van der Waals surface area contributed by atoms with E-state index >= 15 is 0 Å². The van der Waals surface area contributed by atoms with Crippen molar-refractivity contribution in [3.63, 3.8) is 0 Å². The Balaban J connectivity index is 2.03. The van der Waals surface area contributed by atoms with Gasteiger partial charge in [-0.2, -0.15) is 0 Å². The fourth-order valence-electron chi connectivity index (χ4n) is 3.35. The van der Waals surface area contributed by atoms with E-state index in [2.05, 4.69) is 0 Å². The Bertz CT molecular complexity index is 927. The summed E-state index contributed by atoms with van der Waals surface area (Å²) in [4.78, 5) is 23.8. The van der Waals surface area contributed by atoms with E-state index in [1.54, 1.807) is 37.3 Å². The number of benzene rings is 2. The minimum atomic E-state index is -1.48. The third kappa shape index (κ3) is 3.49. The maximum atomic E-state index is 12.4. The van der Waals surface area contributed by atoms with Gasteiger partial charge in [-0.25, -0.2) is 4.79 Å². The van der Waals surface area contributed by atoms with E-state index in [0.29, 0.717) is 16.9 Å². The smallest absolute Gasteiger partial charge is 0.331 e. The molecule has 27 heavy (non-hydrogen) atoms. The predicted octanol–water partition coefficient (Wildman–Crippen LogP) is 3.95. The fraction of sp³-hybridized carbons (Fsp3) is 0.182. The lowest BCUT2D eigenvalue weighted by atomic mass is 9.67. The number of para-hydroxylation sites is 1. The molecular formula is C22H20O5. The Morgan fingerprint density at radius 2 is 1.67 bits per heavy atom. The van der Waals surface area contributed by atoms with Crippen LogP contribution in [0.2, 0.25) is 0 Å². The van der Waals surface area contributed by atoms with Gasteiger partial charge in [0.05, 0.1) is 0 Å². The molecule has 0 saturated carbocycles. The molecule has 0 saturated heterocycles. The van der Waals surface area contributed by atoms with E-state index in [0.717, 1.165) is 5.56 Å². The van der Waals surface area contributed by atoms with Crippen LogP contribution in [0.3, 0.4) is 0 Å². The van der Waals surface area contributed by atoms with Crippen LogP contribution >= 0.6 is 0 Å². The van der Waals surface area contributed by atoms with Crippen LogP contribution < -0.4 is 4.74 Å². The van der Waals surface area contributed by atoms with Crippen LogP contribution in [0.5, 0.6) is 5.75 Å². The maximum absolute atomic E-state index is 12.4. The van der Waals surface area contributed by atoms with Gasteiger partial charge in [0.25, 0.3) is 0 Å². The van der Waals surface area contributed by atoms with Crippen LogP contribution in [0.1, 0.15) is 24.5 Å². The van der Waals surface area contributed by atoms with Gasteiger partial charge in [0.1, 0.15) is 17.8 Å². The number of hydrogen-bond acceptors (Lipinski definition) is 3. The van der Waals surface area contributed by atoms with Crippen molar-refractivity contribution in [1.82, 2.24) is 0 Å². The van der Waals surface area contributed by atoms with Crippen LogP contribution in [-0.2, 0) is 21.6 Å². The molecule has 5 nitrogen and oxygen atoms in total. The zero-order chi connectivity index (χ0) is 19.4. The van der Waals surface area contributed by atoms with E-state index in [1.165, 1.54) is 6.08 Å². The van der Waals surface area contributed by atoms with Gasteiger partial charge in [-0.05, 0) is 18.6 Å². The van der Waals surface area contributed by atoms with E-state index in [4.69, 9.17) is 4.74 Å². The zero-order valence-corrected chi connectivity index (χ0v) is 14.9. The van der Waals surface area contributed by atoms with Gasteiger partial charge in [0.15, 0.2) is 0 Å². The molecule has 1 aliphatic rings. The lowest BCUT2D eigenvalue weighted by Crippen LogP contribution is -2.40. The molecule has 2 aromatic carbocycles. The molecule has 2 aromatic rings. The normalized spacial score (nSPS) is 19.0. The highest BCUT2D eigenvalue weighted by atomic mass is 16.5. The van der Waals surface area contributed by atoms with Gasteiger partial charge < -0.3 is 14.9 Å². The summed E-state index contributed by atoms with van der Waals surface area (Å²) >= 11 is 0. The van der Waals surface area contributed by atoms with E-state index in [-0.39, 0.29) is 18.6 Å². The quantitative estimate of drug-likeness (QED) is 0.811. The van der Waals surface area contributed by atoms with Gasteiger partial charge in [-0.15, -0.1) is 0 Å². The largest absolute Gasteiger partial charge is 0.489 e. The molecule has 1 atom stereocenters. The van der Waals surface area contributed by atoms with Crippen molar-refractivity contribution in [2.75, 3.05) is 0 Å². The molecule has 0 fully saturated rings. The number of rotatable bonds is 6. The van der Waals surface area contributed by atoms with E-state index in [9.17, 15) is 19.8 Å². The molecule has 0 bridgehead atoms. The Morgan fingerprint density at radius 1 is 1.00 bits per heavy atom. The summed E-state index contributed by atoms with van der Waals surface area (Å²) in [5.74, 6) is -1.78. The maximum Gasteiger partial charge on any atom is 0.331 e. The van der Waals surface area contributed by atoms with Crippen LogP contribution in [0.25, 0.3) is 0 Å². The Morgan fingerprint density at radius 3 is 2.33 bits per heavy atom. The lowest BCUT2D eigenvalue weighted by molar-refractivity contribution is -0.142. The minimum absolute atomic E-state index is 0.0564. The number of aliphatic carboxylic acids is 2. The second-order valence-electron chi connectivity index (χ2n) is 6.50. The molecule has 0 aromatic heterocycles. The highest BCUT2D eigenvalue weighted by molar-refractivity contribution is 5.94. The molecule has 0 aliphatic heterocycles. The minimum Gasteiger partial charge on any atom is -0.489 e. The monoisotopic (exact) mass is 364 g/mol. The van der Waals surface area contributed by atoms with Gasteiger partial charge in [-0.3, -0.25) is 4.79 Å². The summed E-state index contributed by atoms with van der Waals surface area (Å²) in [6.45, 7) is 2.00. The van der Waals surface area contributed by atoms with Crippen molar-refractivity contribution in [3.8, 4) is 5.75 Å². The first-order valence-electron chi connectivity index (χ1n) is 8.56. The van der Waals surface area contributed by atoms with Crippen molar-refractivity contribution in [2.45, 2.75) is 25.4 Å². The van der Waals surface area contributed by atoms with Gasteiger partial charge >= 0.3 is 11.9 Å². The van der Waals surface area contributed by atoms with E-state index in [1.807, 2.05) is 30.3 Å². The van der Waals surface area contributed by atoms with E-state index < -0.39 is 17.4 Å². The topological polar surface area (TPSA) is 83.8 Å². The summed E-state index contributed by atoms with van der Waals surface area (Å²) in [7, 11) is 0. The third-order valence-corrected chi connectivity index (χ3v) is 4.89. The first kappa shape index (κ1) is 18.5. The second-order valence-corrected chi connectivity index (χ2v) is 6.50. The number of hydrogen-bond donors (Lipinski definition) is 2.